The quantitative estimate of drug-likeness (QED) is 0.831. The monoisotopic (exact) mass is 284 g/mol. The van der Waals surface area contributed by atoms with Gasteiger partial charge in [-0.15, -0.1) is 0 Å². The van der Waals surface area contributed by atoms with E-state index in [1.807, 2.05) is 20.8 Å². The van der Waals surface area contributed by atoms with Crippen LogP contribution in [0.5, 0.6) is 0 Å². The number of carbonyl (C=O) groups is 1. The summed E-state index contributed by atoms with van der Waals surface area (Å²) < 4.78 is 10.6. The van der Waals surface area contributed by atoms with Crippen LogP contribution in [0.4, 0.5) is 4.79 Å². The van der Waals surface area contributed by atoms with Gasteiger partial charge in [0, 0.05) is 25.2 Å². The lowest BCUT2D eigenvalue weighted by atomic mass is 9.88. The molecule has 2 aliphatic carbocycles. The van der Waals surface area contributed by atoms with Gasteiger partial charge in [0.1, 0.15) is 5.60 Å². The van der Waals surface area contributed by atoms with Crippen molar-refractivity contribution in [2.24, 2.45) is 0 Å². The fourth-order valence-corrected chi connectivity index (χ4v) is 2.99. The predicted molar refractivity (Wildman–Crippen MR) is 77.8 cm³/mol. The highest BCUT2D eigenvalue weighted by Crippen LogP contribution is 2.27. The SMILES string of the molecule is COC1CC(NC2CCCC2NC(=O)OC(C)(C)C)C1. The van der Waals surface area contributed by atoms with Crippen molar-refractivity contribution >= 4 is 6.09 Å². The molecule has 2 rings (SSSR count). The molecule has 20 heavy (non-hydrogen) atoms. The maximum absolute atomic E-state index is 11.8. The Hall–Kier alpha value is -0.810. The molecule has 0 radical (unpaired) electrons. The third-order valence-electron chi connectivity index (χ3n) is 4.10. The van der Waals surface area contributed by atoms with E-state index in [4.69, 9.17) is 9.47 Å². The number of ether oxygens (including phenoxy) is 2. The van der Waals surface area contributed by atoms with Gasteiger partial charge in [-0.25, -0.2) is 4.79 Å². The number of carbonyl (C=O) groups excluding carboxylic acids is 1. The molecule has 2 saturated carbocycles. The summed E-state index contributed by atoms with van der Waals surface area (Å²) in [5.41, 5.74) is -0.439. The summed E-state index contributed by atoms with van der Waals surface area (Å²) in [6.45, 7) is 5.66. The van der Waals surface area contributed by atoms with Gasteiger partial charge in [0.15, 0.2) is 0 Å². The number of hydrogen-bond acceptors (Lipinski definition) is 4. The maximum Gasteiger partial charge on any atom is 0.407 e. The van der Waals surface area contributed by atoms with Crippen molar-refractivity contribution in [3.05, 3.63) is 0 Å². The van der Waals surface area contributed by atoms with E-state index >= 15 is 0 Å². The van der Waals surface area contributed by atoms with E-state index in [0.29, 0.717) is 18.2 Å². The summed E-state index contributed by atoms with van der Waals surface area (Å²) in [5.74, 6) is 0. The summed E-state index contributed by atoms with van der Waals surface area (Å²) >= 11 is 0. The zero-order valence-corrected chi connectivity index (χ0v) is 13.1. The standard InChI is InChI=1S/C15H28N2O3/c1-15(2,3)20-14(18)17-13-7-5-6-12(13)16-10-8-11(9-10)19-4/h10-13,16H,5-9H2,1-4H3,(H,17,18). The highest BCUT2D eigenvalue weighted by atomic mass is 16.6. The minimum absolute atomic E-state index is 0.187. The topological polar surface area (TPSA) is 59.6 Å². The third kappa shape index (κ3) is 4.35. The highest BCUT2D eigenvalue weighted by molar-refractivity contribution is 5.68. The molecule has 0 aromatic rings. The first-order chi connectivity index (χ1) is 9.37. The number of nitrogens with one attached hydrogen (secondary N) is 2. The summed E-state index contributed by atoms with van der Waals surface area (Å²) in [4.78, 5) is 11.8. The van der Waals surface area contributed by atoms with E-state index in [0.717, 1.165) is 32.1 Å². The molecule has 5 heteroatoms. The van der Waals surface area contributed by atoms with Crippen molar-refractivity contribution in [2.75, 3.05) is 7.11 Å². The Labute approximate surface area is 121 Å². The predicted octanol–water partition coefficient (Wildman–Crippen LogP) is 2.20. The number of methoxy groups -OCH3 is 1. The van der Waals surface area contributed by atoms with Crippen LogP contribution in [-0.4, -0.2) is 43.0 Å². The van der Waals surface area contributed by atoms with Crippen LogP contribution in [0.25, 0.3) is 0 Å². The molecule has 0 bridgehead atoms. The molecule has 1 amide bonds. The van der Waals surface area contributed by atoms with Crippen LogP contribution in [-0.2, 0) is 9.47 Å². The molecule has 0 aromatic carbocycles. The molecule has 2 fully saturated rings. The molecular formula is C15H28N2O3. The van der Waals surface area contributed by atoms with Crippen LogP contribution in [0.1, 0.15) is 52.9 Å². The highest BCUT2D eigenvalue weighted by Gasteiger charge is 2.35. The second-order valence-electron chi connectivity index (χ2n) is 6.98. The molecule has 116 valence electrons. The molecule has 2 unspecified atom stereocenters. The van der Waals surface area contributed by atoms with E-state index in [1.165, 1.54) is 0 Å². The Morgan fingerprint density at radius 2 is 1.80 bits per heavy atom. The van der Waals surface area contributed by atoms with Crippen molar-refractivity contribution in [1.82, 2.24) is 10.6 Å². The van der Waals surface area contributed by atoms with Gasteiger partial charge in [0.05, 0.1) is 6.10 Å². The smallest absolute Gasteiger partial charge is 0.407 e. The Balaban J connectivity index is 1.75. The molecule has 2 N–H and O–H groups in total. The molecule has 0 heterocycles. The van der Waals surface area contributed by atoms with Crippen LogP contribution < -0.4 is 10.6 Å². The normalized spacial score (nSPS) is 33.6. The Bertz CT molecular complexity index is 335. The molecule has 0 spiro atoms. The summed E-state index contributed by atoms with van der Waals surface area (Å²) in [6, 6.07) is 1.09. The average molecular weight is 284 g/mol. The molecule has 2 aliphatic rings. The van der Waals surface area contributed by atoms with Crippen LogP contribution in [0, 0.1) is 0 Å². The van der Waals surface area contributed by atoms with Crippen LogP contribution in [0.3, 0.4) is 0 Å². The third-order valence-corrected chi connectivity index (χ3v) is 4.10. The number of alkyl carbamates (subject to hydrolysis) is 1. The fourth-order valence-electron chi connectivity index (χ4n) is 2.99. The second kappa shape index (κ2) is 6.31. The maximum atomic E-state index is 11.8. The Kier molecular flexibility index (Phi) is 4.91. The molecular weight excluding hydrogens is 256 g/mol. The van der Waals surface area contributed by atoms with Crippen molar-refractivity contribution in [2.45, 2.75) is 82.7 Å². The van der Waals surface area contributed by atoms with Gasteiger partial charge < -0.3 is 20.1 Å². The van der Waals surface area contributed by atoms with Gasteiger partial charge in [0.25, 0.3) is 0 Å². The molecule has 2 atom stereocenters. The van der Waals surface area contributed by atoms with Crippen LogP contribution in [0.15, 0.2) is 0 Å². The Morgan fingerprint density at radius 1 is 1.15 bits per heavy atom. The van der Waals surface area contributed by atoms with Crippen molar-refractivity contribution in [1.29, 1.82) is 0 Å². The minimum Gasteiger partial charge on any atom is -0.444 e. The first kappa shape index (κ1) is 15.6. The van der Waals surface area contributed by atoms with E-state index in [-0.39, 0.29) is 12.1 Å². The molecule has 0 aromatic heterocycles. The zero-order chi connectivity index (χ0) is 14.8. The zero-order valence-electron chi connectivity index (χ0n) is 13.1. The van der Waals surface area contributed by atoms with E-state index in [9.17, 15) is 4.79 Å². The first-order valence-corrected chi connectivity index (χ1v) is 7.66. The average Bonchev–Trinajstić information content (AvgIpc) is 2.67. The second-order valence-corrected chi connectivity index (χ2v) is 6.98. The molecule has 0 saturated heterocycles. The summed E-state index contributed by atoms with van der Waals surface area (Å²) in [7, 11) is 1.77. The first-order valence-electron chi connectivity index (χ1n) is 7.66. The van der Waals surface area contributed by atoms with Crippen molar-refractivity contribution < 1.29 is 14.3 Å². The molecule has 5 nitrogen and oxygen atoms in total. The van der Waals surface area contributed by atoms with Gasteiger partial charge in [0.2, 0.25) is 0 Å². The van der Waals surface area contributed by atoms with Crippen LogP contribution >= 0.6 is 0 Å². The van der Waals surface area contributed by atoms with Gasteiger partial charge in [-0.2, -0.15) is 0 Å². The number of hydrogen-bond donors (Lipinski definition) is 2. The summed E-state index contributed by atoms with van der Waals surface area (Å²) in [6.07, 6.45) is 5.55. The van der Waals surface area contributed by atoms with E-state index in [1.54, 1.807) is 7.11 Å². The largest absolute Gasteiger partial charge is 0.444 e. The number of amides is 1. The lowest BCUT2D eigenvalue weighted by Crippen LogP contribution is -2.55. The van der Waals surface area contributed by atoms with E-state index in [2.05, 4.69) is 10.6 Å². The number of rotatable bonds is 4. The van der Waals surface area contributed by atoms with Gasteiger partial charge in [-0.05, 0) is 52.9 Å². The summed E-state index contributed by atoms with van der Waals surface area (Å²) in [5, 5.41) is 6.66. The van der Waals surface area contributed by atoms with Crippen molar-refractivity contribution in [3.63, 3.8) is 0 Å². The van der Waals surface area contributed by atoms with E-state index < -0.39 is 5.60 Å². The lowest BCUT2D eigenvalue weighted by molar-refractivity contribution is 0.0128. The van der Waals surface area contributed by atoms with Gasteiger partial charge in [-0.3, -0.25) is 0 Å². The lowest BCUT2D eigenvalue weighted by Gasteiger charge is -2.38. The van der Waals surface area contributed by atoms with Crippen molar-refractivity contribution in [3.8, 4) is 0 Å². The molecule has 0 aliphatic heterocycles. The minimum atomic E-state index is -0.439. The fraction of sp³-hybridized carbons (Fsp3) is 0.933. The van der Waals surface area contributed by atoms with Gasteiger partial charge >= 0.3 is 6.09 Å². The van der Waals surface area contributed by atoms with Gasteiger partial charge in [-0.1, -0.05) is 0 Å². The van der Waals surface area contributed by atoms with Crippen LogP contribution in [0.2, 0.25) is 0 Å². The Morgan fingerprint density at radius 3 is 2.40 bits per heavy atom.